The van der Waals surface area contributed by atoms with Crippen molar-refractivity contribution < 1.29 is 13.2 Å². The van der Waals surface area contributed by atoms with Gasteiger partial charge in [-0.15, -0.1) is 0 Å². The number of halogens is 3. The van der Waals surface area contributed by atoms with Gasteiger partial charge >= 0.3 is 0 Å². The number of hydrogen-bond acceptors (Lipinski definition) is 0. The summed E-state index contributed by atoms with van der Waals surface area (Å²) in [5.41, 5.74) is 4.07. The van der Waals surface area contributed by atoms with Crippen LogP contribution in [0.1, 0.15) is 80.5 Å². The molecule has 0 atom stereocenters. The summed E-state index contributed by atoms with van der Waals surface area (Å²) in [5, 5.41) is 0. The van der Waals surface area contributed by atoms with E-state index in [0.717, 1.165) is 48.3 Å². The Balaban J connectivity index is 1.45. The maximum atomic E-state index is 14.9. The van der Waals surface area contributed by atoms with Crippen LogP contribution >= 0.6 is 0 Å². The fraction of sp³-hybridized carbons (Fsp3) is 0.355. The molecule has 0 unspecified atom stereocenters. The first-order chi connectivity index (χ1) is 16.5. The van der Waals surface area contributed by atoms with Gasteiger partial charge in [0.1, 0.15) is 5.82 Å². The highest BCUT2D eigenvalue weighted by molar-refractivity contribution is 5.72. The molecule has 1 aliphatic carbocycles. The zero-order chi connectivity index (χ0) is 24.1. The van der Waals surface area contributed by atoms with E-state index in [1.807, 2.05) is 43.3 Å². The third-order valence-corrected chi connectivity index (χ3v) is 7.26. The quantitative estimate of drug-likeness (QED) is 0.307. The van der Waals surface area contributed by atoms with E-state index < -0.39 is 11.6 Å². The first-order valence-corrected chi connectivity index (χ1v) is 12.5. The lowest BCUT2D eigenvalue weighted by atomic mass is 9.77. The van der Waals surface area contributed by atoms with Gasteiger partial charge in [0, 0.05) is 5.56 Å². The van der Waals surface area contributed by atoms with Crippen LogP contribution in [0, 0.1) is 23.4 Å². The summed E-state index contributed by atoms with van der Waals surface area (Å²) in [5.74, 6) is -0.817. The van der Waals surface area contributed by atoms with Crippen molar-refractivity contribution in [3.05, 3.63) is 94.3 Å². The molecular weight excluding hydrogens is 429 g/mol. The van der Waals surface area contributed by atoms with Crippen LogP contribution < -0.4 is 0 Å². The monoisotopic (exact) mass is 462 g/mol. The SMILES string of the molecule is CCCC1CCC(c2ccc(/C=C/c3ccc(-c4ccc(CC)c(F)c4)cc3)c(F)c2F)CC1. The molecule has 0 aliphatic heterocycles. The summed E-state index contributed by atoms with van der Waals surface area (Å²) >= 11 is 0. The molecule has 34 heavy (non-hydrogen) atoms. The molecule has 0 amide bonds. The molecule has 1 aliphatic rings. The van der Waals surface area contributed by atoms with Crippen molar-refractivity contribution >= 4 is 12.2 Å². The van der Waals surface area contributed by atoms with Crippen molar-refractivity contribution in [3.63, 3.8) is 0 Å². The summed E-state index contributed by atoms with van der Waals surface area (Å²) < 4.78 is 43.9. The molecule has 3 aromatic rings. The van der Waals surface area contributed by atoms with E-state index in [9.17, 15) is 13.2 Å². The number of benzene rings is 3. The number of hydrogen-bond donors (Lipinski definition) is 0. The van der Waals surface area contributed by atoms with Crippen LogP contribution in [0.3, 0.4) is 0 Å². The van der Waals surface area contributed by atoms with Crippen LogP contribution in [-0.4, -0.2) is 0 Å². The van der Waals surface area contributed by atoms with Gasteiger partial charge in [-0.2, -0.15) is 0 Å². The standard InChI is InChI=1S/C31H33F3/c1-3-5-21-8-13-25(14-9-21)28-19-18-26(30(33)31(28)34)15-10-22-6-11-24(12-7-22)27-17-16-23(4-2)29(32)20-27/h6-7,10-12,15-21,25H,3-5,8-9,13-14H2,1-2H3/b15-10+. The van der Waals surface area contributed by atoms with Crippen LogP contribution in [0.15, 0.2) is 54.6 Å². The summed E-state index contributed by atoms with van der Waals surface area (Å²) in [6.07, 6.45) is 10.6. The average Bonchev–Trinajstić information content (AvgIpc) is 2.86. The Kier molecular flexibility index (Phi) is 7.92. The first-order valence-electron chi connectivity index (χ1n) is 12.5. The summed E-state index contributed by atoms with van der Waals surface area (Å²) in [4.78, 5) is 0. The minimum Gasteiger partial charge on any atom is -0.207 e. The van der Waals surface area contributed by atoms with E-state index in [1.54, 1.807) is 30.4 Å². The van der Waals surface area contributed by atoms with Gasteiger partial charge in [0.25, 0.3) is 0 Å². The van der Waals surface area contributed by atoms with Gasteiger partial charge in [-0.3, -0.25) is 0 Å². The molecule has 3 aromatic carbocycles. The smallest absolute Gasteiger partial charge is 0.166 e. The lowest BCUT2D eigenvalue weighted by molar-refractivity contribution is 0.303. The highest BCUT2D eigenvalue weighted by Gasteiger charge is 2.25. The Labute approximate surface area is 201 Å². The van der Waals surface area contributed by atoms with E-state index in [1.165, 1.54) is 12.8 Å². The molecule has 0 radical (unpaired) electrons. The minimum atomic E-state index is -0.771. The zero-order valence-electron chi connectivity index (χ0n) is 20.1. The summed E-state index contributed by atoms with van der Waals surface area (Å²) in [7, 11) is 0. The molecule has 0 heterocycles. The molecule has 0 spiro atoms. The maximum absolute atomic E-state index is 14.9. The Morgan fingerprint density at radius 2 is 1.47 bits per heavy atom. The molecule has 0 saturated heterocycles. The van der Waals surface area contributed by atoms with Crippen molar-refractivity contribution in [2.75, 3.05) is 0 Å². The average molecular weight is 463 g/mol. The van der Waals surface area contributed by atoms with Gasteiger partial charge in [0.2, 0.25) is 0 Å². The topological polar surface area (TPSA) is 0 Å². The van der Waals surface area contributed by atoms with Gasteiger partial charge in [-0.05, 0) is 77.8 Å². The molecule has 4 rings (SSSR count). The molecule has 1 saturated carbocycles. The molecule has 0 nitrogen and oxygen atoms in total. The van der Waals surface area contributed by atoms with Crippen LogP contribution in [0.5, 0.6) is 0 Å². The van der Waals surface area contributed by atoms with Crippen molar-refractivity contribution in [2.24, 2.45) is 5.92 Å². The fourth-order valence-corrected chi connectivity index (χ4v) is 5.18. The Morgan fingerprint density at radius 1 is 0.765 bits per heavy atom. The Bertz CT molecular complexity index is 1140. The predicted molar refractivity (Wildman–Crippen MR) is 136 cm³/mol. The third-order valence-electron chi connectivity index (χ3n) is 7.26. The van der Waals surface area contributed by atoms with Gasteiger partial charge in [-0.25, -0.2) is 13.2 Å². The van der Waals surface area contributed by atoms with Gasteiger partial charge < -0.3 is 0 Å². The van der Waals surface area contributed by atoms with Crippen LogP contribution in [0.2, 0.25) is 0 Å². The molecule has 0 aromatic heterocycles. The summed E-state index contributed by atoms with van der Waals surface area (Å²) in [6.45, 7) is 4.13. The second kappa shape index (κ2) is 11.1. The molecule has 0 bridgehead atoms. The minimum absolute atomic E-state index is 0.115. The molecule has 3 heteroatoms. The second-order valence-corrected chi connectivity index (χ2v) is 9.49. The van der Waals surface area contributed by atoms with E-state index in [4.69, 9.17) is 0 Å². The molecular formula is C31H33F3. The fourth-order valence-electron chi connectivity index (χ4n) is 5.18. The van der Waals surface area contributed by atoms with Crippen LogP contribution in [0.25, 0.3) is 23.3 Å². The zero-order valence-corrected chi connectivity index (χ0v) is 20.1. The largest absolute Gasteiger partial charge is 0.207 e. The predicted octanol–water partition coefficient (Wildman–Crippen LogP) is 9.58. The van der Waals surface area contributed by atoms with Crippen molar-refractivity contribution in [3.8, 4) is 11.1 Å². The van der Waals surface area contributed by atoms with E-state index >= 15 is 0 Å². The lowest BCUT2D eigenvalue weighted by Crippen LogP contribution is -2.15. The molecule has 178 valence electrons. The molecule has 1 fully saturated rings. The van der Waals surface area contributed by atoms with E-state index in [2.05, 4.69) is 6.92 Å². The van der Waals surface area contributed by atoms with E-state index in [0.29, 0.717) is 17.5 Å². The van der Waals surface area contributed by atoms with E-state index in [-0.39, 0.29) is 17.3 Å². The van der Waals surface area contributed by atoms with Gasteiger partial charge in [0.05, 0.1) is 0 Å². The number of aryl methyl sites for hydroxylation is 1. The Hall–Kier alpha value is -2.81. The highest BCUT2D eigenvalue weighted by atomic mass is 19.2. The van der Waals surface area contributed by atoms with Crippen molar-refractivity contribution in [1.29, 1.82) is 0 Å². The number of rotatable bonds is 7. The van der Waals surface area contributed by atoms with Crippen molar-refractivity contribution in [2.45, 2.75) is 64.7 Å². The van der Waals surface area contributed by atoms with Gasteiger partial charge in [0.15, 0.2) is 11.6 Å². The van der Waals surface area contributed by atoms with Crippen LogP contribution in [0.4, 0.5) is 13.2 Å². The second-order valence-electron chi connectivity index (χ2n) is 9.49. The third kappa shape index (κ3) is 5.46. The van der Waals surface area contributed by atoms with Crippen molar-refractivity contribution in [1.82, 2.24) is 0 Å². The van der Waals surface area contributed by atoms with Gasteiger partial charge in [-0.1, -0.05) is 87.4 Å². The molecule has 0 N–H and O–H groups in total. The van der Waals surface area contributed by atoms with Crippen LogP contribution in [-0.2, 0) is 6.42 Å². The Morgan fingerprint density at radius 3 is 2.12 bits per heavy atom. The lowest BCUT2D eigenvalue weighted by Gasteiger charge is -2.29. The maximum Gasteiger partial charge on any atom is 0.166 e. The normalized spacial score (nSPS) is 18.5. The first kappa shape index (κ1) is 24.3. The highest BCUT2D eigenvalue weighted by Crippen LogP contribution is 2.39. The summed E-state index contributed by atoms with van der Waals surface area (Å²) in [6, 6.07) is 16.4.